The van der Waals surface area contributed by atoms with Crippen LogP contribution in [-0.2, 0) is 16.8 Å². The van der Waals surface area contributed by atoms with Gasteiger partial charge in [-0.05, 0) is 58.6 Å². The lowest BCUT2D eigenvalue weighted by Gasteiger charge is -2.15. The third kappa shape index (κ3) is 2.65. The third-order valence-corrected chi connectivity index (χ3v) is 5.26. The highest BCUT2D eigenvalue weighted by atomic mass is 79.9. The molecule has 1 heterocycles. The van der Waals surface area contributed by atoms with Crippen molar-refractivity contribution in [3.63, 3.8) is 0 Å². The Morgan fingerprint density at radius 2 is 1.95 bits per heavy atom. The zero-order valence-electron chi connectivity index (χ0n) is 10.7. The molecule has 2 aromatic rings. The molecule has 1 saturated carbocycles. The Kier molecular flexibility index (Phi) is 3.65. The van der Waals surface area contributed by atoms with Gasteiger partial charge in [0, 0.05) is 4.88 Å². The molecule has 1 aliphatic rings. The number of hydrogen-bond acceptors (Lipinski definition) is 2. The van der Waals surface area contributed by atoms with E-state index in [0.29, 0.717) is 6.54 Å². The molecule has 3 rings (SSSR count). The number of hydrogen-bond donors (Lipinski definition) is 1. The van der Waals surface area contributed by atoms with E-state index in [1.165, 1.54) is 12.1 Å². The van der Waals surface area contributed by atoms with Crippen molar-refractivity contribution in [1.29, 1.82) is 0 Å². The summed E-state index contributed by atoms with van der Waals surface area (Å²) < 4.78 is 14.0. The van der Waals surface area contributed by atoms with Crippen LogP contribution in [-0.4, -0.2) is 5.91 Å². The van der Waals surface area contributed by atoms with Gasteiger partial charge in [-0.1, -0.05) is 12.1 Å². The van der Waals surface area contributed by atoms with Crippen LogP contribution in [0, 0.1) is 5.82 Å². The second kappa shape index (κ2) is 5.30. The molecule has 1 amide bonds. The molecular formula is C15H13BrFNOS. The largest absolute Gasteiger partial charge is 0.350 e. The Labute approximate surface area is 129 Å². The van der Waals surface area contributed by atoms with Gasteiger partial charge < -0.3 is 5.32 Å². The number of amides is 1. The SMILES string of the molecule is O=C(NCc1ccc(Br)s1)C1(c2ccc(F)cc2)CC1. The summed E-state index contributed by atoms with van der Waals surface area (Å²) in [6.45, 7) is 0.540. The Balaban J connectivity index is 1.68. The molecule has 0 unspecified atom stereocenters. The molecule has 2 nitrogen and oxygen atoms in total. The number of halogens is 2. The van der Waals surface area contributed by atoms with Crippen LogP contribution in [0.5, 0.6) is 0 Å². The standard InChI is InChI=1S/C15H13BrFNOS/c16-13-6-5-12(20-13)9-18-14(19)15(7-8-15)10-1-3-11(17)4-2-10/h1-6H,7-9H2,(H,18,19). The maximum absolute atomic E-state index is 13.0. The van der Waals surface area contributed by atoms with Crippen molar-refractivity contribution in [3.05, 3.63) is 56.4 Å². The average Bonchev–Trinajstić information content (AvgIpc) is 3.15. The van der Waals surface area contributed by atoms with Crippen LogP contribution in [0.15, 0.2) is 40.2 Å². The first-order valence-corrected chi connectivity index (χ1v) is 8.00. The van der Waals surface area contributed by atoms with Crippen molar-refractivity contribution < 1.29 is 9.18 Å². The van der Waals surface area contributed by atoms with Crippen LogP contribution in [0.25, 0.3) is 0 Å². The molecule has 1 aliphatic carbocycles. The van der Waals surface area contributed by atoms with Crippen LogP contribution in [0.4, 0.5) is 4.39 Å². The van der Waals surface area contributed by atoms with Crippen molar-refractivity contribution in [2.75, 3.05) is 0 Å². The van der Waals surface area contributed by atoms with Gasteiger partial charge in [0.15, 0.2) is 0 Å². The van der Waals surface area contributed by atoms with E-state index in [0.717, 1.165) is 27.1 Å². The number of carbonyl (C=O) groups excluding carboxylic acids is 1. The maximum atomic E-state index is 13.0. The van der Waals surface area contributed by atoms with Crippen LogP contribution in [0.2, 0.25) is 0 Å². The second-order valence-electron chi connectivity index (χ2n) is 4.98. The summed E-state index contributed by atoms with van der Waals surface area (Å²) in [5, 5.41) is 2.99. The molecular weight excluding hydrogens is 341 g/mol. The van der Waals surface area contributed by atoms with E-state index in [2.05, 4.69) is 21.2 Å². The zero-order chi connectivity index (χ0) is 14.2. The van der Waals surface area contributed by atoms with Gasteiger partial charge in [0.25, 0.3) is 0 Å². The second-order valence-corrected chi connectivity index (χ2v) is 7.53. The first-order valence-electron chi connectivity index (χ1n) is 6.39. The first kappa shape index (κ1) is 13.8. The van der Waals surface area contributed by atoms with Gasteiger partial charge in [-0.2, -0.15) is 0 Å². The lowest BCUT2D eigenvalue weighted by atomic mass is 9.95. The smallest absolute Gasteiger partial charge is 0.230 e. The topological polar surface area (TPSA) is 29.1 Å². The number of carbonyl (C=O) groups is 1. The summed E-state index contributed by atoms with van der Waals surface area (Å²) in [6.07, 6.45) is 1.66. The van der Waals surface area contributed by atoms with E-state index < -0.39 is 5.41 Å². The van der Waals surface area contributed by atoms with Gasteiger partial charge in [0.2, 0.25) is 5.91 Å². The van der Waals surface area contributed by atoms with Crippen LogP contribution in [0.3, 0.4) is 0 Å². The van der Waals surface area contributed by atoms with E-state index in [1.807, 2.05) is 12.1 Å². The van der Waals surface area contributed by atoms with Crippen molar-refractivity contribution in [2.24, 2.45) is 0 Å². The molecule has 0 spiro atoms. The van der Waals surface area contributed by atoms with Gasteiger partial charge in [0.1, 0.15) is 5.82 Å². The lowest BCUT2D eigenvalue weighted by Crippen LogP contribution is -2.34. The third-order valence-electron chi connectivity index (χ3n) is 3.63. The molecule has 5 heteroatoms. The maximum Gasteiger partial charge on any atom is 0.230 e. The number of benzene rings is 1. The minimum Gasteiger partial charge on any atom is -0.350 e. The summed E-state index contributed by atoms with van der Waals surface area (Å²) >= 11 is 5.02. The van der Waals surface area contributed by atoms with E-state index in [-0.39, 0.29) is 11.7 Å². The first-order chi connectivity index (χ1) is 9.60. The number of thiophene rings is 1. The molecule has 104 valence electrons. The Bertz CT molecular complexity index is 634. The molecule has 0 atom stereocenters. The number of nitrogens with one attached hydrogen (secondary N) is 1. The normalized spacial score (nSPS) is 15.9. The van der Waals surface area contributed by atoms with Crippen molar-refractivity contribution in [2.45, 2.75) is 24.8 Å². The monoisotopic (exact) mass is 353 g/mol. The predicted octanol–water partition coefficient (Wildman–Crippen LogP) is 4.00. The van der Waals surface area contributed by atoms with Gasteiger partial charge in [-0.3, -0.25) is 4.79 Å². The summed E-state index contributed by atoms with van der Waals surface area (Å²) in [5.74, 6) is -0.234. The summed E-state index contributed by atoms with van der Waals surface area (Å²) in [4.78, 5) is 13.5. The number of rotatable bonds is 4. The van der Waals surface area contributed by atoms with E-state index in [1.54, 1.807) is 23.5 Å². The molecule has 0 saturated heterocycles. The highest BCUT2D eigenvalue weighted by Gasteiger charge is 2.51. The average molecular weight is 354 g/mol. The molecule has 1 N–H and O–H groups in total. The Morgan fingerprint density at radius 1 is 1.25 bits per heavy atom. The Morgan fingerprint density at radius 3 is 2.50 bits per heavy atom. The molecule has 1 fully saturated rings. The van der Waals surface area contributed by atoms with Gasteiger partial charge in [-0.25, -0.2) is 4.39 Å². The molecule has 20 heavy (non-hydrogen) atoms. The van der Waals surface area contributed by atoms with Crippen LogP contribution in [0.1, 0.15) is 23.3 Å². The van der Waals surface area contributed by atoms with Gasteiger partial charge in [-0.15, -0.1) is 11.3 Å². The van der Waals surface area contributed by atoms with E-state index >= 15 is 0 Å². The fraction of sp³-hybridized carbons (Fsp3) is 0.267. The summed E-state index contributed by atoms with van der Waals surface area (Å²) in [7, 11) is 0. The highest BCUT2D eigenvalue weighted by molar-refractivity contribution is 9.11. The molecule has 0 aliphatic heterocycles. The van der Waals surface area contributed by atoms with Crippen LogP contribution < -0.4 is 5.32 Å². The van der Waals surface area contributed by atoms with Gasteiger partial charge in [0.05, 0.1) is 15.7 Å². The van der Waals surface area contributed by atoms with E-state index in [9.17, 15) is 9.18 Å². The fourth-order valence-corrected chi connectivity index (χ4v) is 3.75. The van der Waals surface area contributed by atoms with Crippen molar-refractivity contribution in [3.8, 4) is 0 Å². The molecule has 1 aromatic carbocycles. The van der Waals surface area contributed by atoms with Crippen molar-refractivity contribution in [1.82, 2.24) is 5.32 Å². The lowest BCUT2D eigenvalue weighted by molar-refractivity contribution is -0.123. The zero-order valence-corrected chi connectivity index (χ0v) is 13.1. The Hall–Kier alpha value is -1.20. The summed E-state index contributed by atoms with van der Waals surface area (Å²) in [6, 6.07) is 10.2. The van der Waals surface area contributed by atoms with Gasteiger partial charge >= 0.3 is 0 Å². The highest BCUT2D eigenvalue weighted by Crippen LogP contribution is 2.48. The van der Waals surface area contributed by atoms with Crippen LogP contribution >= 0.6 is 27.3 Å². The quantitative estimate of drug-likeness (QED) is 0.884. The molecule has 0 radical (unpaired) electrons. The predicted molar refractivity (Wildman–Crippen MR) is 81.2 cm³/mol. The minimum atomic E-state index is -0.442. The van der Waals surface area contributed by atoms with Crippen molar-refractivity contribution >= 4 is 33.2 Å². The minimum absolute atomic E-state index is 0.0358. The summed E-state index contributed by atoms with van der Waals surface area (Å²) in [5.41, 5.74) is 0.464. The fourth-order valence-electron chi connectivity index (χ4n) is 2.32. The molecule has 0 bridgehead atoms. The molecule has 1 aromatic heterocycles. The van der Waals surface area contributed by atoms with E-state index in [4.69, 9.17) is 0 Å².